The van der Waals surface area contributed by atoms with Gasteiger partial charge in [-0.2, -0.15) is 9.97 Å². The quantitative estimate of drug-likeness (QED) is 0.153. The molecule has 16 heteroatoms. The van der Waals surface area contributed by atoms with Gasteiger partial charge in [0.1, 0.15) is 12.2 Å². The summed E-state index contributed by atoms with van der Waals surface area (Å²) >= 11 is 0. The minimum absolute atomic E-state index is 0.0155. The molecule has 3 aromatic heterocycles. The molecule has 37 heavy (non-hydrogen) atoms. The number of aliphatic hydroxyl groups excluding tert-OH is 2. The Balaban J connectivity index is 1.60. The number of ether oxygens (including phenoxy) is 3. The zero-order valence-electron chi connectivity index (χ0n) is 19.8. The van der Waals surface area contributed by atoms with Crippen molar-refractivity contribution in [3.05, 3.63) is 48.0 Å². The summed E-state index contributed by atoms with van der Waals surface area (Å²) in [6, 6.07) is 8.67. The molecule has 0 aliphatic rings. The lowest BCUT2D eigenvalue weighted by Gasteiger charge is -2.31. The van der Waals surface area contributed by atoms with E-state index in [1.807, 2.05) is 0 Å². The van der Waals surface area contributed by atoms with Crippen LogP contribution in [0.3, 0.4) is 0 Å². The van der Waals surface area contributed by atoms with Gasteiger partial charge >= 0.3 is 12.0 Å². The zero-order valence-corrected chi connectivity index (χ0v) is 19.8. The number of carboxylic acids is 1. The van der Waals surface area contributed by atoms with Crippen LogP contribution in [-0.4, -0.2) is 94.5 Å². The SMILES string of the molecule is COc1nc(N)c2ncn([C@H](O)[C@H](O)[C@@H](CO[C@](Cc3ccccc3)(C(=O)O)c3nnn[nH]3)OC)c2n1. The number of anilines is 1. The normalized spacial score (nSPS) is 15.7. The predicted molar refractivity (Wildman–Crippen MR) is 124 cm³/mol. The number of fused-ring (bicyclic) bond motifs is 1. The number of nitrogens with one attached hydrogen (secondary N) is 1. The Morgan fingerprint density at radius 3 is 2.59 bits per heavy atom. The number of nitrogen functional groups attached to an aromatic ring is 1. The monoisotopic (exact) mass is 515 g/mol. The van der Waals surface area contributed by atoms with E-state index in [9.17, 15) is 20.1 Å². The summed E-state index contributed by atoms with van der Waals surface area (Å²) in [5.74, 6) is -1.52. The number of benzene rings is 1. The highest BCUT2D eigenvalue weighted by atomic mass is 16.6. The predicted octanol–water partition coefficient (Wildman–Crippen LogP) is -0.964. The maximum Gasteiger partial charge on any atom is 0.344 e. The van der Waals surface area contributed by atoms with Crippen LogP contribution in [0.1, 0.15) is 17.6 Å². The Kier molecular flexibility index (Phi) is 7.53. The van der Waals surface area contributed by atoms with Crippen molar-refractivity contribution in [2.24, 2.45) is 0 Å². The summed E-state index contributed by atoms with van der Waals surface area (Å²) in [6.07, 6.45) is -3.40. The highest BCUT2D eigenvalue weighted by Gasteiger charge is 2.47. The van der Waals surface area contributed by atoms with E-state index in [1.54, 1.807) is 30.3 Å². The van der Waals surface area contributed by atoms with Crippen LogP contribution in [0.2, 0.25) is 0 Å². The Hall–Kier alpha value is -4.25. The number of nitrogens with two attached hydrogens (primary N) is 1. The fourth-order valence-corrected chi connectivity index (χ4v) is 3.74. The topological polar surface area (TPSA) is 230 Å². The first-order valence-electron chi connectivity index (χ1n) is 10.9. The smallest absolute Gasteiger partial charge is 0.344 e. The van der Waals surface area contributed by atoms with Crippen molar-refractivity contribution in [1.82, 2.24) is 40.1 Å². The van der Waals surface area contributed by atoms with Crippen molar-refractivity contribution in [2.75, 3.05) is 26.6 Å². The van der Waals surface area contributed by atoms with Gasteiger partial charge in [-0.15, -0.1) is 5.10 Å². The summed E-state index contributed by atoms with van der Waals surface area (Å²) < 4.78 is 17.4. The molecule has 0 saturated carbocycles. The van der Waals surface area contributed by atoms with Crippen LogP contribution < -0.4 is 10.5 Å². The van der Waals surface area contributed by atoms with Crippen molar-refractivity contribution >= 4 is 23.0 Å². The molecule has 1 aromatic carbocycles. The Bertz CT molecular complexity index is 1340. The van der Waals surface area contributed by atoms with Crippen molar-refractivity contribution < 1.29 is 34.3 Å². The number of nitrogens with zero attached hydrogens (tertiary/aromatic N) is 7. The van der Waals surface area contributed by atoms with Gasteiger partial charge in [0.2, 0.25) is 5.60 Å². The molecule has 0 aliphatic carbocycles. The molecule has 4 aromatic rings. The molecule has 0 radical (unpaired) electrons. The zero-order chi connectivity index (χ0) is 26.6. The van der Waals surface area contributed by atoms with Gasteiger partial charge < -0.3 is 35.3 Å². The standard InChI is InChI=1S/C21H25N9O7/c1-35-12(14(31)17(32)30-10-23-13-15(22)24-20(36-2)25-16(13)30)9-37-21(19(33)34,18-26-28-29-27-18)8-11-6-4-3-5-7-11/h3-7,10,12,14,17,31-32H,8-9H2,1-2H3,(H,33,34)(H2,22,24,25)(H,26,27,28,29)/t12-,14-,17-,21+/m1/s1. The fourth-order valence-electron chi connectivity index (χ4n) is 3.74. The average Bonchev–Trinajstić information content (AvgIpc) is 3.59. The Morgan fingerprint density at radius 1 is 1.22 bits per heavy atom. The number of aliphatic hydroxyl groups is 2. The van der Waals surface area contributed by atoms with E-state index in [-0.39, 0.29) is 35.2 Å². The summed E-state index contributed by atoms with van der Waals surface area (Å²) in [5.41, 5.74) is 4.73. The molecule has 0 saturated heterocycles. The minimum Gasteiger partial charge on any atom is -0.479 e. The first kappa shape index (κ1) is 25.8. The van der Waals surface area contributed by atoms with E-state index in [0.29, 0.717) is 5.56 Å². The first-order chi connectivity index (χ1) is 17.8. The molecule has 0 amide bonds. The van der Waals surface area contributed by atoms with E-state index in [0.717, 1.165) is 4.57 Å². The molecule has 16 nitrogen and oxygen atoms in total. The number of H-pyrrole nitrogens is 1. The van der Waals surface area contributed by atoms with Gasteiger partial charge in [0, 0.05) is 13.5 Å². The molecule has 4 rings (SSSR count). The van der Waals surface area contributed by atoms with Crippen molar-refractivity contribution in [3.63, 3.8) is 0 Å². The van der Waals surface area contributed by atoms with Crippen LogP contribution >= 0.6 is 0 Å². The van der Waals surface area contributed by atoms with Gasteiger partial charge in [0.25, 0.3) is 0 Å². The van der Waals surface area contributed by atoms with Crippen LogP contribution in [0.4, 0.5) is 5.82 Å². The molecule has 4 atom stereocenters. The highest BCUT2D eigenvalue weighted by molar-refractivity contribution is 5.82. The van der Waals surface area contributed by atoms with Crippen LogP contribution in [0.5, 0.6) is 6.01 Å². The van der Waals surface area contributed by atoms with Gasteiger partial charge in [0.15, 0.2) is 29.0 Å². The number of hydrogen-bond donors (Lipinski definition) is 5. The van der Waals surface area contributed by atoms with E-state index in [4.69, 9.17) is 19.9 Å². The number of imidazole rings is 1. The molecule has 6 N–H and O–H groups in total. The summed E-state index contributed by atoms with van der Waals surface area (Å²) in [7, 11) is 2.62. The van der Waals surface area contributed by atoms with Crippen LogP contribution in [0.15, 0.2) is 36.7 Å². The largest absolute Gasteiger partial charge is 0.479 e. The van der Waals surface area contributed by atoms with E-state index in [1.165, 1.54) is 20.5 Å². The molecule has 0 aliphatic heterocycles. The second-order valence-corrected chi connectivity index (χ2v) is 7.95. The van der Waals surface area contributed by atoms with Crippen molar-refractivity contribution in [3.8, 4) is 6.01 Å². The molecule has 0 bridgehead atoms. The number of methoxy groups -OCH3 is 2. The lowest BCUT2D eigenvalue weighted by atomic mass is 9.93. The van der Waals surface area contributed by atoms with E-state index < -0.39 is 36.6 Å². The molecule has 0 unspecified atom stereocenters. The fraction of sp³-hybridized carbons (Fsp3) is 0.381. The summed E-state index contributed by atoms with van der Waals surface area (Å²) in [4.78, 5) is 24.6. The highest BCUT2D eigenvalue weighted by Crippen LogP contribution is 2.30. The number of hydrogen-bond acceptors (Lipinski definition) is 13. The molecule has 0 spiro atoms. The third kappa shape index (κ3) is 5.03. The summed E-state index contributed by atoms with van der Waals surface area (Å²) in [6.45, 7) is -0.471. The van der Waals surface area contributed by atoms with E-state index in [2.05, 4.69) is 35.6 Å². The number of aromatic amines is 1. The second kappa shape index (κ2) is 10.8. The lowest BCUT2D eigenvalue weighted by molar-refractivity contribution is -0.184. The number of carboxylic acid groups (broad SMARTS) is 1. The third-order valence-corrected chi connectivity index (χ3v) is 5.75. The van der Waals surface area contributed by atoms with Gasteiger partial charge in [-0.1, -0.05) is 30.3 Å². The van der Waals surface area contributed by atoms with Crippen LogP contribution in [-0.2, 0) is 26.3 Å². The molecule has 196 valence electrons. The number of aromatic nitrogens is 8. The first-order valence-corrected chi connectivity index (χ1v) is 10.9. The van der Waals surface area contributed by atoms with Crippen LogP contribution in [0.25, 0.3) is 11.2 Å². The van der Waals surface area contributed by atoms with Crippen molar-refractivity contribution in [1.29, 1.82) is 0 Å². The Morgan fingerprint density at radius 2 is 1.97 bits per heavy atom. The average molecular weight is 515 g/mol. The second-order valence-electron chi connectivity index (χ2n) is 7.95. The van der Waals surface area contributed by atoms with Gasteiger partial charge in [-0.05, 0) is 16.0 Å². The lowest BCUT2D eigenvalue weighted by Crippen LogP contribution is -2.47. The minimum atomic E-state index is -2.05. The third-order valence-electron chi connectivity index (χ3n) is 5.75. The maximum absolute atomic E-state index is 12.5. The number of tetrazole rings is 1. The van der Waals surface area contributed by atoms with Crippen LogP contribution in [0, 0.1) is 0 Å². The van der Waals surface area contributed by atoms with Gasteiger partial charge in [0.05, 0.1) is 20.0 Å². The summed E-state index contributed by atoms with van der Waals surface area (Å²) in [5, 5.41) is 45.2. The molecule has 0 fully saturated rings. The molecular weight excluding hydrogens is 490 g/mol. The van der Waals surface area contributed by atoms with Gasteiger partial charge in [-0.3, -0.25) is 4.57 Å². The molecular formula is C21H25N9O7. The number of carbonyl (C=O) groups is 1. The maximum atomic E-state index is 12.5. The van der Waals surface area contributed by atoms with Gasteiger partial charge in [-0.25, -0.2) is 14.9 Å². The number of rotatable bonds is 12. The van der Waals surface area contributed by atoms with E-state index >= 15 is 0 Å². The molecule has 3 heterocycles. The van der Waals surface area contributed by atoms with Crippen molar-refractivity contribution in [2.45, 2.75) is 30.5 Å². The Labute approximate surface area is 209 Å². The number of aliphatic carboxylic acids is 1.